The van der Waals surface area contributed by atoms with Gasteiger partial charge in [-0.2, -0.15) is 4.31 Å². The van der Waals surface area contributed by atoms with Crippen LogP contribution >= 0.6 is 0 Å². The number of ether oxygens (including phenoxy) is 1. The summed E-state index contributed by atoms with van der Waals surface area (Å²) in [6, 6.07) is 4.29. The van der Waals surface area contributed by atoms with Gasteiger partial charge in [0.05, 0.1) is 4.90 Å². The number of alkyl halides is 3. The number of nitrogens with zero attached hydrogens (tertiary/aromatic N) is 1. The Labute approximate surface area is 144 Å². The molecule has 2 rings (SSSR count). The summed E-state index contributed by atoms with van der Waals surface area (Å²) < 4.78 is 67.0. The van der Waals surface area contributed by atoms with Crippen molar-refractivity contribution in [2.24, 2.45) is 5.92 Å². The van der Waals surface area contributed by atoms with Crippen molar-refractivity contribution in [1.82, 2.24) is 9.62 Å². The van der Waals surface area contributed by atoms with Crippen molar-refractivity contribution in [1.29, 1.82) is 0 Å². The molecule has 0 atom stereocenters. The van der Waals surface area contributed by atoms with Crippen molar-refractivity contribution in [2.45, 2.75) is 31.0 Å². The number of carbonyl (C=O) groups excluding carboxylic acids is 1. The zero-order chi connectivity index (χ0) is 18.7. The van der Waals surface area contributed by atoms with Crippen LogP contribution in [0.2, 0.25) is 0 Å². The molecular formula is C15H19F3N2O4S. The van der Waals surface area contributed by atoms with Crippen molar-refractivity contribution < 1.29 is 31.1 Å². The second kappa shape index (κ2) is 7.61. The maximum atomic E-state index is 12.6. The van der Waals surface area contributed by atoms with Crippen LogP contribution in [0.1, 0.15) is 19.8 Å². The van der Waals surface area contributed by atoms with E-state index in [1.54, 1.807) is 6.92 Å². The summed E-state index contributed by atoms with van der Waals surface area (Å²) in [4.78, 5) is 11.5. The minimum absolute atomic E-state index is 0.111. The minimum atomic E-state index is -4.90. The number of piperidine rings is 1. The molecule has 25 heavy (non-hydrogen) atoms. The molecule has 1 heterocycles. The molecule has 10 heteroatoms. The van der Waals surface area contributed by atoms with Gasteiger partial charge >= 0.3 is 6.36 Å². The van der Waals surface area contributed by atoms with Crippen LogP contribution in [0.3, 0.4) is 0 Å². The largest absolute Gasteiger partial charge is 0.573 e. The topological polar surface area (TPSA) is 75.7 Å². The Balaban J connectivity index is 2.10. The fraction of sp³-hybridized carbons (Fsp3) is 0.533. The third-order valence-electron chi connectivity index (χ3n) is 3.85. The van der Waals surface area contributed by atoms with E-state index in [4.69, 9.17) is 0 Å². The minimum Gasteiger partial charge on any atom is -0.406 e. The molecule has 1 aliphatic rings. The SMILES string of the molecule is CCNC(=O)C1CCN(S(=O)(=O)c2cccc(OC(F)(F)F)c2)CC1. The van der Waals surface area contributed by atoms with Gasteiger partial charge < -0.3 is 10.1 Å². The molecule has 1 aliphatic heterocycles. The van der Waals surface area contributed by atoms with E-state index in [1.807, 2.05) is 0 Å². The van der Waals surface area contributed by atoms with E-state index in [9.17, 15) is 26.4 Å². The van der Waals surface area contributed by atoms with Crippen molar-refractivity contribution >= 4 is 15.9 Å². The van der Waals surface area contributed by atoms with Crippen molar-refractivity contribution in [3.8, 4) is 5.75 Å². The average Bonchev–Trinajstić information content (AvgIpc) is 2.54. The van der Waals surface area contributed by atoms with Crippen LogP contribution in [-0.2, 0) is 14.8 Å². The molecule has 0 aromatic heterocycles. The second-order valence-corrected chi connectivity index (χ2v) is 7.53. The van der Waals surface area contributed by atoms with E-state index < -0.39 is 22.1 Å². The lowest BCUT2D eigenvalue weighted by Gasteiger charge is -2.30. The van der Waals surface area contributed by atoms with Gasteiger partial charge in [-0.25, -0.2) is 8.42 Å². The molecule has 0 radical (unpaired) electrons. The normalized spacial score (nSPS) is 17.3. The molecule has 1 aromatic carbocycles. The summed E-state index contributed by atoms with van der Waals surface area (Å²) in [5, 5.41) is 2.70. The number of amides is 1. The van der Waals surface area contributed by atoms with Gasteiger partial charge in [0.25, 0.3) is 0 Å². The Morgan fingerprint density at radius 2 is 1.96 bits per heavy atom. The predicted octanol–water partition coefficient (Wildman–Crippen LogP) is 2.12. The average molecular weight is 380 g/mol. The molecule has 1 amide bonds. The Morgan fingerprint density at radius 1 is 1.32 bits per heavy atom. The number of nitrogens with one attached hydrogen (secondary N) is 1. The molecule has 0 saturated carbocycles. The highest BCUT2D eigenvalue weighted by Gasteiger charge is 2.34. The van der Waals surface area contributed by atoms with Crippen LogP contribution in [0.25, 0.3) is 0 Å². The van der Waals surface area contributed by atoms with E-state index >= 15 is 0 Å². The quantitative estimate of drug-likeness (QED) is 0.849. The number of hydrogen-bond donors (Lipinski definition) is 1. The molecule has 1 N–H and O–H groups in total. The van der Waals surface area contributed by atoms with Gasteiger partial charge in [-0.05, 0) is 31.9 Å². The first-order valence-electron chi connectivity index (χ1n) is 7.77. The molecule has 0 spiro atoms. The molecule has 0 unspecified atom stereocenters. The number of carbonyl (C=O) groups is 1. The predicted molar refractivity (Wildman–Crippen MR) is 83.3 cm³/mol. The Morgan fingerprint density at radius 3 is 2.52 bits per heavy atom. The standard InChI is InChI=1S/C15H19F3N2O4S/c1-2-19-14(21)11-6-8-20(9-7-11)25(22,23)13-5-3-4-12(10-13)24-15(16,17)18/h3-5,10-11H,2,6-9H2,1H3,(H,19,21). The van der Waals surface area contributed by atoms with Crippen molar-refractivity contribution in [3.63, 3.8) is 0 Å². The van der Waals surface area contributed by atoms with Crippen LogP contribution in [0, 0.1) is 5.92 Å². The molecular weight excluding hydrogens is 361 g/mol. The summed E-state index contributed by atoms with van der Waals surface area (Å²) >= 11 is 0. The Kier molecular flexibility index (Phi) is 5.94. The van der Waals surface area contributed by atoms with Crippen molar-refractivity contribution in [3.05, 3.63) is 24.3 Å². The number of halogens is 3. The maximum absolute atomic E-state index is 12.6. The highest BCUT2D eigenvalue weighted by Crippen LogP contribution is 2.28. The zero-order valence-electron chi connectivity index (χ0n) is 13.5. The molecule has 0 bridgehead atoms. The van der Waals surface area contributed by atoms with Crippen LogP contribution in [0.15, 0.2) is 29.2 Å². The monoisotopic (exact) mass is 380 g/mol. The van der Waals surface area contributed by atoms with Crippen LogP contribution < -0.4 is 10.1 Å². The highest BCUT2D eigenvalue weighted by atomic mass is 32.2. The summed E-state index contributed by atoms with van der Waals surface area (Å²) in [6.45, 7) is 2.57. The Bertz CT molecular complexity index is 714. The van der Waals surface area contributed by atoms with Gasteiger partial charge in [0.15, 0.2) is 0 Å². The third kappa shape index (κ3) is 5.08. The maximum Gasteiger partial charge on any atom is 0.573 e. The van der Waals surface area contributed by atoms with Crippen molar-refractivity contribution in [2.75, 3.05) is 19.6 Å². The van der Waals surface area contributed by atoms with Gasteiger partial charge in [-0.1, -0.05) is 6.07 Å². The van der Waals surface area contributed by atoms with E-state index in [2.05, 4.69) is 10.1 Å². The molecule has 0 aliphatic carbocycles. The van der Waals surface area contributed by atoms with E-state index in [-0.39, 0.29) is 29.8 Å². The van der Waals surface area contributed by atoms with E-state index in [0.717, 1.165) is 12.1 Å². The lowest BCUT2D eigenvalue weighted by molar-refractivity contribution is -0.274. The van der Waals surface area contributed by atoms with Crippen LogP contribution in [-0.4, -0.2) is 44.6 Å². The number of rotatable bonds is 5. The summed E-state index contributed by atoms with van der Waals surface area (Å²) in [7, 11) is -3.95. The summed E-state index contributed by atoms with van der Waals surface area (Å²) in [5.74, 6) is -0.961. The third-order valence-corrected chi connectivity index (χ3v) is 5.75. The van der Waals surface area contributed by atoms with Crippen LogP contribution in [0.5, 0.6) is 5.75 Å². The van der Waals surface area contributed by atoms with Crippen LogP contribution in [0.4, 0.5) is 13.2 Å². The lowest BCUT2D eigenvalue weighted by atomic mass is 9.97. The Hall–Kier alpha value is -1.81. The first-order valence-corrected chi connectivity index (χ1v) is 9.21. The van der Waals surface area contributed by atoms with Gasteiger partial charge in [0, 0.05) is 31.6 Å². The first-order chi connectivity index (χ1) is 11.6. The number of benzene rings is 1. The molecule has 6 nitrogen and oxygen atoms in total. The fourth-order valence-corrected chi connectivity index (χ4v) is 4.16. The van der Waals surface area contributed by atoms with Gasteiger partial charge in [-0.3, -0.25) is 4.79 Å². The van der Waals surface area contributed by atoms with E-state index in [0.29, 0.717) is 19.4 Å². The lowest BCUT2D eigenvalue weighted by Crippen LogP contribution is -2.42. The zero-order valence-corrected chi connectivity index (χ0v) is 14.4. The fourth-order valence-electron chi connectivity index (χ4n) is 2.66. The van der Waals surface area contributed by atoms with Gasteiger partial charge in [0.1, 0.15) is 5.75 Å². The van der Waals surface area contributed by atoms with Gasteiger partial charge in [-0.15, -0.1) is 13.2 Å². The first kappa shape index (κ1) is 19.5. The highest BCUT2D eigenvalue weighted by molar-refractivity contribution is 7.89. The second-order valence-electron chi connectivity index (χ2n) is 5.60. The molecule has 1 saturated heterocycles. The molecule has 1 fully saturated rings. The molecule has 140 valence electrons. The summed E-state index contributed by atoms with van der Waals surface area (Å²) in [6.07, 6.45) is -4.17. The number of sulfonamides is 1. The summed E-state index contributed by atoms with van der Waals surface area (Å²) in [5.41, 5.74) is 0. The number of hydrogen-bond acceptors (Lipinski definition) is 4. The van der Waals surface area contributed by atoms with Gasteiger partial charge in [0.2, 0.25) is 15.9 Å². The molecule has 1 aromatic rings. The smallest absolute Gasteiger partial charge is 0.406 e. The van der Waals surface area contributed by atoms with E-state index in [1.165, 1.54) is 16.4 Å².